The monoisotopic (exact) mass is 270 g/mol. The van der Waals surface area contributed by atoms with E-state index >= 15 is 0 Å². The van der Waals surface area contributed by atoms with Crippen molar-refractivity contribution in [3.05, 3.63) is 23.2 Å². The predicted octanol–water partition coefficient (Wildman–Crippen LogP) is 1.54. The summed E-state index contributed by atoms with van der Waals surface area (Å²) in [4.78, 5) is 24.0. The molecule has 0 aliphatic rings. The molecule has 100 valence electrons. The van der Waals surface area contributed by atoms with E-state index in [9.17, 15) is 4.79 Å². The molecule has 0 radical (unpaired) electrons. The molecule has 0 saturated heterocycles. The maximum Gasteiger partial charge on any atom is 0.274 e. The number of likely N-dealkylation sites (N-methyl/N-ethyl adjacent to an activating group) is 1. The Morgan fingerprint density at radius 3 is 2.56 bits per heavy atom. The van der Waals surface area contributed by atoms with Crippen LogP contribution in [-0.2, 0) is 0 Å². The van der Waals surface area contributed by atoms with Gasteiger partial charge in [0.2, 0.25) is 0 Å². The number of rotatable bonds is 6. The molecule has 0 fully saturated rings. The van der Waals surface area contributed by atoms with E-state index in [-0.39, 0.29) is 11.1 Å². The number of amides is 1. The standard InChI is InChI=1S/C12H19ClN4O/c1-4-5-17(7-6-16(2)3)12(18)10-8-14-9-11(13)15-10/h8-9H,4-7H2,1-3H3. The van der Waals surface area contributed by atoms with Crippen molar-refractivity contribution in [1.82, 2.24) is 19.8 Å². The molecule has 0 saturated carbocycles. The number of halogens is 1. The number of carbonyl (C=O) groups excluding carboxylic acids is 1. The summed E-state index contributed by atoms with van der Waals surface area (Å²) >= 11 is 5.75. The molecule has 0 atom stereocenters. The molecular formula is C12H19ClN4O. The van der Waals surface area contributed by atoms with Crippen LogP contribution in [0.25, 0.3) is 0 Å². The van der Waals surface area contributed by atoms with E-state index in [1.807, 2.05) is 25.9 Å². The highest BCUT2D eigenvalue weighted by molar-refractivity contribution is 6.29. The Kier molecular flexibility index (Phi) is 6.01. The summed E-state index contributed by atoms with van der Waals surface area (Å²) in [7, 11) is 3.96. The van der Waals surface area contributed by atoms with Crippen LogP contribution in [0, 0.1) is 0 Å². The first kappa shape index (κ1) is 14.9. The predicted molar refractivity (Wildman–Crippen MR) is 71.8 cm³/mol. The van der Waals surface area contributed by atoms with Crippen molar-refractivity contribution in [1.29, 1.82) is 0 Å². The normalized spacial score (nSPS) is 10.7. The van der Waals surface area contributed by atoms with E-state index in [0.717, 1.165) is 13.0 Å². The fraction of sp³-hybridized carbons (Fsp3) is 0.583. The maximum absolute atomic E-state index is 12.2. The van der Waals surface area contributed by atoms with Gasteiger partial charge in [-0.1, -0.05) is 18.5 Å². The minimum atomic E-state index is -0.117. The summed E-state index contributed by atoms with van der Waals surface area (Å²) in [6, 6.07) is 0. The van der Waals surface area contributed by atoms with E-state index in [2.05, 4.69) is 9.97 Å². The third kappa shape index (κ3) is 4.58. The summed E-state index contributed by atoms with van der Waals surface area (Å²) in [5.41, 5.74) is 0.301. The summed E-state index contributed by atoms with van der Waals surface area (Å²) in [6.07, 6.45) is 3.78. The van der Waals surface area contributed by atoms with Gasteiger partial charge in [0.15, 0.2) is 0 Å². The second kappa shape index (κ2) is 7.28. The molecule has 5 nitrogen and oxygen atoms in total. The van der Waals surface area contributed by atoms with Crippen LogP contribution < -0.4 is 0 Å². The molecule has 1 rings (SSSR count). The third-order valence-electron chi connectivity index (χ3n) is 2.42. The van der Waals surface area contributed by atoms with Crippen LogP contribution in [0.3, 0.4) is 0 Å². The second-order valence-electron chi connectivity index (χ2n) is 4.32. The lowest BCUT2D eigenvalue weighted by Gasteiger charge is -2.23. The van der Waals surface area contributed by atoms with Crippen molar-refractivity contribution in [3.8, 4) is 0 Å². The van der Waals surface area contributed by atoms with Crippen molar-refractivity contribution in [3.63, 3.8) is 0 Å². The molecule has 0 N–H and O–H groups in total. The number of nitrogens with zero attached hydrogens (tertiary/aromatic N) is 4. The van der Waals surface area contributed by atoms with E-state index < -0.39 is 0 Å². The summed E-state index contributed by atoms with van der Waals surface area (Å²) in [6.45, 7) is 4.24. The first-order chi connectivity index (χ1) is 8.54. The molecule has 0 spiro atoms. The van der Waals surface area contributed by atoms with Crippen molar-refractivity contribution in [2.75, 3.05) is 33.7 Å². The Balaban J connectivity index is 2.75. The van der Waals surface area contributed by atoms with Crippen LogP contribution >= 0.6 is 11.6 Å². The Labute approximate surface area is 113 Å². The molecular weight excluding hydrogens is 252 g/mol. The van der Waals surface area contributed by atoms with Gasteiger partial charge in [-0.3, -0.25) is 9.78 Å². The molecule has 6 heteroatoms. The van der Waals surface area contributed by atoms with Crippen LogP contribution in [0.2, 0.25) is 5.15 Å². The minimum Gasteiger partial charge on any atom is -0.336 e. The Bertz CT molecular complexity index is 397. The second-order valence-corrected chi connectivity index (χ2v) is 4.71. The van der Waals surface area contributed by atoms with Gasteiger partial charge < -0.3 is 9.80 Å². The van der Waals surface area contributed by atoms with Crippen molar-refractivity contribution in [2.24, 2.45) is 0 Å². The SMILES string of the molecule is CCCN(CCN(C)C)C(=O)c1cncc(Cl)n1. The van der Waals surface area contributed by atoms with Crippen molar-refractivity contribution in [2.45, 2.75) is 13.3 Å². The Hall–Kier alpha value is -1.20. The molecule has 0 bridgehead atoms. The summed E-state index contributed by atoms with van der Waals surface area (Å²) in [5.74, 6) is -0.117. The quantitative estimate of drug-likeness (QED) is 0.787. The van der Waals surface area contributed by atoms with E-state index in [1.54, 1.807) is 4.90 Å². The van der Waals surface area contributed by atoms with Gasteiger partial charge in [0.25, 0.3) is 5.91 Å². The summed E-state index contributed by atoms with van der Waals surface area (Å²) in [5, 5.41) is 0.241. The lowest BCUT2D eigenvalue weighted by atomic mass is 10.3. The van der Waals surface area contributed by atoms with Gasteiger partial charge in [-0.05, 0) is 20.5 Å². The van der Waals surface area contributed by atoms with E-state index in [4.69, 9.17) is 11.6 Å². The first-order valence-electron chi connectivity index (χ1n) is 5.96. The van der Waals surface area contributed by atoms with Crippen LogP contribution in [0.1, 0.15) is 23.8 Å². The molecule has 0 aliphatic heterocycles. The lowest BCUT2D eigenvalue weighted by molar-refractivity contribution is 0.0738. The van der Waals surface area contributed by atoms with Gasteiger partial charge in [-0.15, -0.1) is 0 Å². The molecule has 0 aromatic carbocycles. The van der Waals surface area contributed by atoms with Gasteiger partial charge in [-0.25, -0.2) is 4.98 Å². The molecule has 1 amide bonds. The van der Waals surface area contributed by atoms with Crippen molar-refractivity contribution < 1.29 is 4.79 Å². The smallest absolute Gasteiger partial charge is 0.274 e. The number of aromatic nitrogens is 2. The Morgan fingerprint density at radius 1 is 1.28 bits per heavy atom. The van der Waals surface area contributed by atoms with Gasteiger partial charge in [-0.2, -0.15) is 0 Å². The number of hydrogen-bond donors (Lipinski definition) is 0. The highest BCUT2D eigenvalue weighted by atomic mass is 35.5. The average molecular weight is 271 g/mol. The molecule has 18 heavy (non-hydrogen) atoms. The summed E-state index contributed by atoms with van der Waals surface area (Å²) < 4.78 is 0. The van der Waals surface area contributed by atoms with Crippen LogP contribution in [0.15, 0.2) is 12.4 Å². The zero-order valence-corrected chi connectivity index (χ0v) is 11.8. The minimum absolute atomic E-state index is 0.117. The van der Waals surface area contributed by atoms with E-state index in [0.29, 0.717) is 18.8 Å². The number of hydrogen-bond acceptors (Lipinski definition) is 4. The lowest BCUT2D eigenvalue weighted by Crippen LogP contribution is -2.37. The highest BCUT2D eigenvalue weighted by Gasteiger charge is 2.16. The zero-order chi connectivity index (χ0) is 13.5. The van der Waals surface area contributed by atoms with Gasteiger partial charge in [0.05, 0.1) is 12.4 Å². The molecule has 0 aliphatic carbocycles. The van der Waals surface area contributed by atoms with Crippen LogP contribution in [0.5, 0.6) is 0 Å². The highest BCUT2D eigenvalue weighted by Crippen LogP contribution is 2.06. The first-order valence-corrected chi connectivity index (χ1v) is 6.34. The maximum atomic E-state index is 12.2. The van der Waals surface area contributed by atoms with Crippen molar-refractivity contribution >= 4 is 17.5 Å². The van der Waals surface area contributed by atoms with Gasteiger partial charge in [0, 0.05) is 19.6 Å². The molecule has 1 heterocycles. The van der Waals surface area contributed by atoms with Crippen LogP contribution in [0.4, 0.5) is 0 Å². The fourth-order valence-electron chi connectivity index (χ4n) is 1.51. The molecule has 1 aromatic rings. The largest absolute Gasteiger partial charge is 0.336 e. The molecule has 0 unspecified atom stereocenters. The average Bonchev–Trinajstić information content (AvgIpc) is 2.33. The van der Waals surface area contributed by atoms with Crippen LogP contribution in [-0.4, -0.2) is 59.4 Å². The van der Waals surface area contributed by atoms with Gasteiger partial charge in [0.1, 0.15) is 10.8 Å². The Morgan fingerprint density at radius 2 is 2.00 bits per heavy atom. The van der Waals surface area contributed by atoms with E-state index in [1.165, 1.54) is 12.4 Å². The molecule has 1 aromatic heterocycles. The topological polar surface area (TPSA) is 49.3 Å². The fourth-order valence-corrected chi connectivity index (χ4v) is 1.66. The van der Waals surface area contributed by atoms with Gasteiger partial charge >= 0.3 is 0 Å². The number of carbonyl (C=O) groups is 1. The zero-order valence-electron chi connectivity index (χ0n) is 11.1. The third-order valence-corrected chi connectivity index (χ3v) is 2.60.